The predicted octanol–water partition coefficient (Wildman–Crippen LogP) is 3.12. The van der Waals surface area contributed by atoms with E-state index in [-0.39, 0.29) is 5.82 Å². The molecule has 0 saturated carbocycles. The van der Waals surface area contributed by atoms with Crippen LogP contribution in [0.5, 0.6) is 5.88 Å². The maximum Gasteiger partial charge on any atom is 0.224 e. The zero-order valence-electron chi connectivity index (χ0n) is 11.0. The second kappa shape index (κ2) is 5.61. The lowest BCUT2D eigenvalue weighted by Gasteiger charge is -2.25. The second-order valence-electron chi connectivity index (χ2n) is 4.80. The van der Waals surface area contributed by atoms with Crippen LogP contribution in [0, 0.1) is 11.7 Å². The van der Waals surface area contributed by atoms with Gasteiger partial charge in [-0.05, 0) is 12.1 Å². The van der Waals surface area contributed by atoms with E-state index in [1.54, 1.807) is 6.07 Å². The fourth-order valence-electron chi connectivity index (χ4n) is 2.02. The van der Waals surface area contributed by atoms with Gasteiger partial charge in [0, 0.05) is 16.8 Å². The summed E-state index contributed by atoms with van der Waals surface area (Å²) in [6.45, 7) is 3.88. The summed E-state index contributed by atoms with van der Waals surface area (Å²) in [5, 5.41) is 0.592. The molecular formula is C14H14BrFN2O2. The average Bonchev–Trinajstić information content (AvgIpc) is 2.37. The number of hydrogen-bond acceptors (Lipinski definition) is 4. The summed E-state index contributed by atoms with van der Waals surface area (Å²) in [6.07, 6.45) is 0.633. The van der Waals surface area contributed by atoms with Crippen molar-refractivity contribution < 1.29 is 13.9 Å². The van der Waals surface area contributed by atoms with Gasteiger partial charge in [-0.1, -0.05) is 22.9 Å². The summed E-state index contributed by atoms with van der Waals surface area (Å²) >= 11 is 3.29. The Bertz CT molecular complexity index is 647. The van der Waals surface area contributed by atoms with E-state index in [2.05, 4.69) is 25.9 Å². The van der Waals surface area contributed by atoms with Gasteiger partial charge in [-0.2, -0.15) is 4.98 Å². The van der Waals surface area contributed by atoms with Crippen LogP contribution in [-0.4, -0.2) is 29.8 Å². The molecule has 1 aliphatic heterocycles. The van der Waals surface area contributed by atoms with Crippen molar-refractivity contribution >= 4 is 26.8 Å². The molecule has 106 valence electrons. The zero-order valence-corrected chi connectivity index (χ0v) is 12.6. The highest BCUT2D eigenvalue weighted by molar-refractivity contribution is 9.10. The van der Waals surface area contributed by atoms with Crippen LogP contribution in [-0.2, 0) is 11.2 Å². The maximum atomic E-state index is 14.0. The third-order valence-electron chi connectivity index (χ3n) is 3.21. The maximum absolute atomic E-state index is 14.0. The van der Waals surface area contributed by atoms with Crippen LogP contribution in [0.1, 0.15) is 12.7 Å². The third-order valence-corrected chi connectivity index (χ3v) is 3.67. The largest absolute Gasteiger partial charge is 0.477 e. The van der Waals surface area contributed by atoms with Crippen molar-refractivity contribution in [1.82, 2.24) is 9.97 Å². The molecule has 20 heavy (non-hydrogen) atoms. The van der Waals surface area contributed by atoms with E-state index in [9.17, 15) is 4.39 Å². The topological polar surface area (TPSA) is 44.2 Å². The standard InChI is InChI=1S/C14H14BrFN2O2/c1-2-12-17-13-10(3-9(15)4-11(13)16)14(18-12)20-7-8-5-19-6-8/h3-4,8H,2,5-7H2,1H3. The van der Waals surface area contributed by atoms with Gasteiger partial charge in [0.15, 0.2) is 5.82 Å². The highest BCUT2D eigenvalue weighted by Crippen LogP contribution is 2.29. The zero-order chi connectivity index (χ0) is 14.1. The van der Waals surface area contributed by atoms with E-state index < -0.39 is 0 Å². The second-order valence-corrected chi connectivity index (χ2v) is 5.71. The van der Waals surface area contributed by atoms with Crippen molar-refractivity contribution in [3.63, 3.8) is 0 Å². The van der Waals surface area contributed by atoms with Gasteiger partial charge in [-0.3, -0.25) is 0 Å². The third kappa shape index (κ3) is 2.62. The molecule has 0 unspecified atom stereocenters. The van der Waals surface area contributed by atoms with Crippen molar-refractivity contribution in [1.29, 1.82) is 0 Å². The fraction of sp³-hybridized carbons (Fsp3) is 0.429. The van der Waals surface area contributed by atoms with Crippen LogP contribution in [0.4, 0.5) is 4.39 Å². The van der Waals surface area contributed by atoms with Gasteiger partial charge in [0.05, 0.1) is 25.2 Å². The number of halogens is 2. The van der Waals surface area contributed by atoms with Gasteiger partial charge >= 0.3 is 0 Å². The first-order chi connectivity index (χ1) is 9.67. The van der Waals surface area contributed by atoms with Crippen molar-refractivity contribution in [2.24, 2.45) is 5.92 Å². The van der Waals surface area contributed by atoms with Crippen molar-refractivity contribution in [2.75, 3.05) is 19.8 Å². The summed E-state index contributed by atoms with van der Waals surface area (Å²) in [5.41, 5.74) is 0.305. The number of aryl methyl sites for hydroxylation is 1. The van der Waals surface area contributed by atoms with Gasteiger partial charge in [-0.25, -0.2) is 9.37 Å². The van der Waals surface area contributed by atoms with Crippen molar-refractivity contribution in [3.05, 3.63) is 28.2 Å². The van der Waals surface area contributed by atoms with E-state index in [0.717, 1.165) is 0 Å². The van der Waals surface area contributed by atoms with Gasteiger partial charge in [0.25, 0.3) is 0 Å². The van der Waals surface area contributed by atoms with E-state index in [4.69, 9.17) is 9.47 Å². The lowest BCUT2D eigenvalue weighted by molar-refractivity contribution is -0.0512. The average molecular weight is 341 g/mol. The SMILES string of the molecule is CCc1nc(OCC2COC2)c2cc(Br)cc(F)c2n1. The molecule has 1 aromatic heterocycles. The number of rotatable bonds is 4. The highest BCUT2D eigenvalue weighted by Gasteiger charge is 2.20. The highest BCUT2D eigenvalue weighted by atomic mass is 79.9. The smallest absolute Gasteiger partial charge is 0.224 e. The minimum absolute atomic E-state index is 0.305. The lowest BCUT2D eigenvalue weighted by Crippen LogP contribution is -2.32. The predicted molar refractivity (Wildman–Crippen MR) is 76.4 cm³/mol. The van der Waals surface area contributed by atoms with Crippen LogP contribution in [0.3, 0.4) is 0 Å². The first-order valence-electron chi connectivity index (χ1n) is 6.53. The van der Waals surface area contributed by atoms with Crippen LogP contribution in [0.15, 0.2) is 16.6 Å². The molecule has 0 atom stereocenters. The summed E-state index contributed by atoms with van der Waals surface area (Å²) in [4.78, 5) is 8.61. The Hall–Kier alpha value is -1.27. The molecule has 1 aromatic carbocycles. The molecular weight excluding hydrogens is 327 g/mol. The molecule has 4 nitrogen and oxygen atoms in total. The molecule has 0 amide bonds. The first kappa shape index (κ1) is 13.7. The molecule has 1 fully saturated rings. The molecule has 1 saturated heterocycles. The molecule has 0 aliphatic carbocycles. The molecule has 3 rings (SSSR count). The molecule has 0 spiro atoms. The molecule has 1 aliphatic rings. The van der Waals surface area contributed by atoms with Gasteiger partial charge in [0.2, 0.25) is 5.88 Å². The van der Waals surface area contributed by atoms with Crippen LogP contribution in [0.25, 0.3) is 10.9 Å². The first-order valence-corrected chi connectivity index (χ1v) is 7.33. The molecule has 6 heteroatoms. The Morgan fingerprint density at radius 3 is 2.85 bits per heavy atom. The van der Waals surface area contributed by atoms with Crippen LogP contribution in [0.2, 0.25) is 0 Å². The number of hydrogen-bond donors (Lipinski definition) is 0. The normalized spacial score (nSPS) is 15.3. The van der Waals surface area contributed by atoms with Crippen molar-refractivity contribution in [2.45, 2.75) is 13.3 Å². The number of benzene rings is 1. The number of ether oxygens (including phenoxy) is 2. The number of nitrogens with zero attached hydrogens (tertiary/aromatic N) is 2. The Labute approximate surface area is 124 Å². The Balaban J connectivity index is 2.02. The molecule has 0 N–H and O–H groups in total. The van der Waals surface area contributed by atoms with E-state index in [1.165, 1.54) is 6.07 Å². The van der Waals surface area contributed by atoms with E-state index in [0.29, 0.717) is 59.2 Å². The van der Waals surface area contributed by atoms with E-state index in [1.807, 2.05) is 6.92 Å². The van der Waals surface area contributed by atoms with E-state index >= 15 is 0 Å². The number of aromatic nitrogens is 2. The minimum atomic E-state index is -0.372. The molecule has 0 bridgehead atoms. The number of fused-ring (bicyclic) bond motifs is 1. The summed E-state index contributed by atoms with van der Waals surface area (Å²) < 4.78 is 25.5. The Kier molecular flexibility index (Phi) is 3.85. The van der Waals surface area contributed by atoms with Crippen molar-refractivity contribution in [3.8, 4) is 5.88 Å². The lowest BCUT2D eigenvalue weighted by atomic mass is 10.1. The summed E-state index contributed by atoms with van der Waals surface area (Å²) in [6, 6.07) is 3.18. The quantitative estimate of drug-likeness (QED) is 0.857. The van der Waals surface area contributed by atoms with Gasteiger partial charge in [0.1, 0.15) is 11.3 Å². The van der Waals surface area contributed by atoms with Crippen LogP contribution < -0.4 is 4.74 Å². The minimum Gasteiger partial charge on any atom is -0.477 e. The summed E-state index contributed by atoms with van der Waals surface area (Å²) in [7, 11) is 0. The Morgan fingerprint density at radius 2 is 2.20 bits per heavy atom. The van der Waals surface area contributed by atoms with Crippen LogP contribution >= 0.6 is 15.9 Å². The Morgan fingerprint density at radius 1 is 1.40 bits per heavy atom. The van der Waals surface area contributed by atoms with Gasteiger partial charge < -0.3 is 9.47 Å². The summed E-state index contributed by atoms with van der Waals surface area (Å²) in [5.74, 6) is 1.04. The molecule has 2 aromatic rings. The fourth-order valence-corrected chi connectivity index (χ4v) is 2.45. The molecule has 2 heterocycles. The molecule has 0 radical (unpaired) electrons. The van der Waals surface area contributed by atoms with Gasteiger partial charge in [-0.15, -0.1) is 0 Å². The monoisotopic (exact) mass is 340 g/mol.